The van der Waals surface area contributed by atoms with E-state index in [0.717, 1.165) is 10.6 Å². The van der Waals surface area contributed by atoms with E-state index in [1.165, 1.54) is 11.8 Å². The summed E-state index contributed by atoms with van der Waals surface area (Å²) in [7, 11) is 0. The highest BCUT2D eigenvalue weighted by atomic mass is 35.5. The molecule has 2 aromatic rings. The minimum absolute atomic E-state index is 0.127. The first-order valence-corrected chi connectivity index (χ1v) is 9.89. The van der Waals surface area contributed by atoms with Crippen LogP contribution in [0.25, 0.3) is 0 Å². The zero-order chi connectivity index (χ0) is 17.4. The summed E-state index contributed by atoms with van der Waals surface area (Å²) >= 11 is 8.67. The molecule has 0 aliphatic rings. The number of anilines is 2. The number of nitrogens with one attached hydrogen (secondary N) is 2. The largest absolute Gasteiger partial charge is 0.325 e. The zero-order valence-corrected chi connectivity index (χ0v) is 15.4. The molecule has 7 heteroatoms. The number of amides is 2. The van der Waals surface area contributed by atoms with Crippen molar-refractivity contribution in [1.82, 2.24) is 0 Å². The summed E-state index contributed by atoms with van der Waals surface area (Å²) in [5.41, 5.74) is 1.45. The van der Waals surface area contributed by atoms with Gasteiger partial charge in [0.15, 0.2) is 0 Å². The molecule has 0 spiro atoms. The van der Waals surface area contributed by atoms with E-state index in [-0.39, 0.29) is 23.3 Å². The van der Waals surface area contributed by atoms with Crippen molar-refractivity contribution >= 4 is 58.3 Å². The average molecular weight is 381 g/mol. The van der Waals surface area contributed by atoms with E-state index in [2.05, 4.69) is 10.6 Å². The molecular formula is C17H17ClN2O2S2. The number of carbonyl (C=O) groups excluding carboxylic acids is 2. The van der Waals surface area contributed by atoms with E-state index in [0.29, 0.717) is 10.7 Å². The van der Waals surface area contributed by atoms with Crippen LogP contribution in [0.2, 0.25) is 5.02 Å². The van der Waals surface area contributed by atoms with Gasteiger partial charge in [-0.3, -0.25) is 9.59 Å². The lowest BCUT2D eigenvalue weighted by Crippen LogP contribution is -2.18. The van der Waals surface area contributed by atoms with Crippen LogP contribution >= 0.6 is 35.1 Å². The van der Waals surface area contributed by atoms with Crippen molar-refractivity contribution in [3.8, 4) is 0 Å². The average Bonchev–Trinajstić information content (AvgIpc) is 2.57. The van der Waals surface area contributed by atoms with Crippen LogP contribution < -0.4 is 10.6 Å². The van der Waals surface area contributed by atoms with E-state index < -0.39 is 0 Å². The standard InChI is InChI=1S/C17H17ClN2O2S2/c1-23-15-4-2-3-14(9-15)20-17(22)11-24-10-16(21)19-13-7-5-12(18)6-8-13/h2-9H,10-11H2,1H3,(H,19,21)(H,20,22). The third kappa shape index (κ3) is 6.47. The Labute approximate surface area is 154 Å². The fourth-order valence-corrected chi connectivity index (χ4v) is 3.07. The maximum atomic E-state index is 11.9. The molecule has 4 nitrogen and oxygen atoms in total. The lowest BCUT2D eigenvalue weighted by Gasteiger charge is -2.07. The maximum Gasteiger partial charge on any atom is 0.234 e. The van der Waals surface area contributed by atoms with E-state index in [9.17, 15) is 9.59 Å². The topological polar surface area (TPSA) is 58.2 Å². The van der Waals surface area contributed by atoms with E-state index in [1.807, 2.05) is 30.5 Å². The molecule has 0 aromatic heterocycles. The number of rotatable bonds is 7. The smallest absolute Gasteiger partial charge is 0.234 e. The van der Waals surface area contributed by atoms with Gasteiger partial charge in [-0.25, -0.2) is 0 Å². The summed E-state index contributed by atoms with van der Waals surface area (Å²) in [5, 5.41) is 6.20. The van der Waals surface area contributed by atoms with Crippen LogP contribution in [0.15, 0.2) is 53.4 Å². The summed E-state index contributed by atoms with van der Waals surface area (Å²) in [4.78, 5) is 24.8. The monoisotopic (exact) mass is 380 g/mol. The molecular weight excluding hydrogens is 364 g/mol. The summed E-state index contributed by atoms with van der Waals surface area (Å²) < 4.78 is 0. The van der Waals surface area contributed by atoms with Crippen LogP contribution in [-0.2, 0) is 9.59 Å². The lowest BCUT2D eigenvalue weighted by molar-refractivity contribution is -0.114. The van der Waals surface area contributed by atoms with Crippen LogP contribution in [0.5, 0.6) is 0 Å². The molecule has 0 aliphatic heterocycles. The molecule has 126 valence electrons. The molecule has 0 bridgehead atoms. The van der Waals surface area contributed by atoms with Gasteiger partial charge in [-0.05, 0) is 48.7 Å². The Hall–Kier alpha value is -1.63. The second-order valence-electron chi connectivity index (χ2n) is 4.83. The van der Waals surface area contributed by atoms with Gasteiger partial charge in [-0.2, -0.15) is 0 Å². The van der Waals surface area contributed by atoms with Crippen molar-refractivity contribution in [2.24, 2.45) is 0 Å². The van der Waals surface area contributed by atoms with Crippen molar-refractivity contribution in [1.29, 1.82) is 0 Å². The Morgan fingerprint density at radius 2 is 1.58 bits per heavy atom. The molecule has 0 saturated heterocycles. The maximum absolute atomic E-state index is 11.9. The van der Waals surface area contributed by atoms with Crippen molar-refractivity contribution in [2.45, 2.75) is 4.90 Å². The van der Waals surface area contributed by atoms with Gasteiger partial charge in [0, 0.05) is 21.3 Å². The van der Waals surface area contributed by atoms with E-state index >= 15 is 0 Å². The molecule has 0 fully saturated rings. The summed E-state index contributed by atoms with van der Waals surface area (Å²) in [6.07, 6.45) is 1.98. The second kappa shape index (κ2) is 9.61. The third-order valence-corrected chi connectivity index (χ3v) is 4.86. The molecule has 0 heterocycles. The third-order valence-electron chi connectivity index (χ3n) is 2.95. The Balaban J connectivity index is 1.71. The fraction of sp³-hybridized carbons (Fsp3) is 0.176. The molecule has 0 radical (unpaired) electrons. The van der Waals surface area contributed by atoms with Crippen molar-refractivity contribution in [3.05, 3.63) is 53.6 Å². The number of hydrogen-bond donors (Lipinski definition) is 2. The number of carbonyl (C=O) groups is 2. The summed E-state index contributed by atoms with van der Waals surface area (Å²) in [5.74, 6) is 0.148. The molecule has 0 unspecified atom stereocenters. The minimum atomic E-state index is -0.153. The number of thioether (sulfide) groups is 2. The summed E-state index contributed by atoms with van der Waals surface area (Å²) in [6.45, 7) is 0. The van der Waals surface area contributed by atoms with Crippen molar-refractivity contribution in [3.63, 3.8) is 0 Å². The number of hydrogen-bond acceptors (Lipinski definition) is 4. The van der Waals surface area contributed by atoms with E-state index in [4.69, 9.17) is 11.6 Å². The van der Waals surface area contributed by atoms with Gasteiger partial charge < -0.3 is 10.6 Å². The molecule has 0 atom stereocenters. The molecule has 0 saturated carbocycles. The summed E-state index contributed by atoms with van der Waals surface area (Å²) in [6, 6.07) is 14.5. The Morgan fingerprint density at radius 3 is 2.21 bits per heavy atom. The molecule has 2 aromatic carbocycles. The highest BCUT2D eigenvalue weighted by molar-refractivity contribution is 8.00. The molecule has 2 rings (SSSR count). The first-order valence-electron chi connectivity index (χ1n) is 7.14. The number of benzene rings is 2. The Bertz CT molecular complexity index is 708. The molecule has 24 heavy (non-hydrogen) atoms. The predicted octanol–water partition coefficient (Wildman–Crippen LogP) is 4.37. The molecule has 2 N–H and O–H groups in total. The number of halogens is 1. The Morgan fingerprint density at radius 1 is 0.958 bits per heavy atom. The van der Waals surface area contributed by atoms with Gasteiger partial charge in [0.25, 0.3) is 0 Å². The van der Waals surface area contributed by atoms with Gasteiger partial charge in [-0.1, -0.05) is 17.7 Å². The SMILES string of the molecule is CSc1cccc(NC(=O)CSCC(=O)Nc2ccc(Cl)cc2)c1. The normalized spacial score (nSPS) is 10.2. The van der Waals surface area contributed by atoms with Crippen LogP contribution in [0, 0.1) is 0 Å². The highest BCUT2D eigenvalue weighted by Crippen LogP contribution is 2.19. The second-order valence-corrected chi connectivity index (χ2v) is 7.13. The first-order chi connectivity index (χ1) is 11.6. The van der Waals surface area contributed by atoms with Crippen LogP contribution in [0.3, 0.4) is 0 Å². The van der Waals surface area contributed by atoms with Gasteiger partial charge in [0.1, 0.15) is 0 Å². The van der Waals surface area contributed by atoms with Crippen LogP contribution in [0.4, 0.5) is 11.4 Å². The first kappa shape index (κ1) is 18.7. The van der Waals surface area contributed by atoms with Gasteiger partial charge in [0.05, 0.1) is 11.5 Å². The van der Waals surface area contributed by atoms with Crippen molar-refractivity contribution in [2.75, 3.05) is 28.4 Å². The molecule has 0 aliphatic carbocycles. The lowest BCUT2D eigenvalue weighted by atomic mass is 10.3. The molecule has 2 amide bonds. The quantitative estimate of drug-likeness (QED) is 0.700. The van der Waals surface area contributed by atoms with Crippen LogP contribution in [-0.4, -0.2) is 29.6 Å². The fourth-order valence-electron chi connectivity index (χ4n) is 1.86. The van der Waals surface area contributed by atoms with Gasteiger partial charge in [-0.15, -0.1) is 23.5 Å². The van der Waals surface area contributed by atoms with E-state index in [1.54, 1.807) is 36.0 Å². The van der Waals surface area contributed by atoms with Gasteiger partial charge in [0.2, 0.25) is 11.8 Å². The van der Waals surface area contributed by atoms with Crippen LogP contribution in [0.1, 0.15) is 0 Å². The van der Waals surface area contributed by atoms with Gasteiger partial charge >= 0.3 is 0 Å². The van der Waals surface area contributed by atoms with Crippen molar-refractivity contribution < 1.29 is 9.59 Å². The zero-order valence-electron chi connectivity index (χ0n) is 13.0. The Kier molecular flexibility index (Phi) is 7.49. The minimum Gasteiger partial charge on any atom is -0.325 e. The highest BCUT2D eigenvalue weighted by Gasteiger charge is 2.07. The predicted molar refractivity (Wildman–Crippen MR) is 104 cm³/mol.